The fraction of sp³-hybridized carbons (Fsp3) is 0.636. The maximum absolute atomic E-state index is 11.8. The molecule has 0 atom stereocenters. The van der Waals surface area contributed by atoms with Gasteiger partial charge in [0, 0.05) is 5.38 Å². The minimum absolute atomic E-state index is 0.320. The van der Waals surface area contributed by atoms with E-state index in [1.54, 1.807) is 4.90 Å². The summed E-state index contributed by atoms with van der Waals surface area (Å²) in [5.74, 6) is 0. The Balaban J connectivity index is 1.95. The summed E-state index contributed by atoms with van der Waals surface area (Å²) in [6, 6.07) is 0. The summed E-state index contributed by atoms with van der Waals surface area (Å²) < 4.78 is 6.06. The van der Waals surface area contributed by atoms with Gasteiger partial charge in [0.25, 0.3) is 0 Å². The van der Waals surface area contributed by atoms with E-state index >= 15 is 0 Å². The van der Waals surface area contributed by atoms with Crippen LogP contribution in [-0.2, 0) is 10.3 Å². The molecular formula is C11H16BrN3O2S. The second-order valence-electron chi connectivity index (χ2n) is 5.47. The van der Waals surface area contributed by atoms with Crippen LogP contribution in [0, 0.1) is 0 Å². The number of halogens is 1. The number of aromatic nitrogens is 1. The van der Waals surface area contributed by atoms with Crippen molar-refractivity contribution in [3.63, 3.8) is 0 Å². The van der Waals surface area contributed by atoms with Crippen LogP contribution in [0.5, 0.6) is 0 Å². The Labute approximate surface area is 118 Å². The van der Waals surface area contributed by atoms with Crippen molar-refractivity contribution in [3.8, 4) is 0 Å². The lowest BCUT2D eigenvalue weighted by atomic mass is 9.92. The zero-order chi connectivity index (χ0) is 13.6. The number of ether oxygens (including phenoxy) is 1. The van der Waals surface area contributed by atoms with Gasteiger partial charge in [0.1, 0.15) is 20.8 Å². The van der Waals surface area contributed by atoms with Crippen LogP contribution in [0.15, 0.2) is 9.98 Å². The Morgan fingerprint density at radius 3 is 2.67 bits per heavy atom. The van der Waals surface area contributed by atoms with Crippen molar-refractivity contribution in [1.82, 2.24) is 9.88 Å². The largest absolute Gasteiger partial charge is 0.444 e. The highest BCUT2D eigenvalue weighted by atomic mass is 79.9. The number of thiazole rings is 1. The monoisotopic (exact) mass is 333 g/mol. The topological polar surface area (TPSA) is 68.5 Å². The second kappa shape index (κ2) is 4.47. The highest BCUT2D eigenvalue weighted by Crippen LogP contribution is 2.33. The number of carbonyl (C=O) groups excluding carboxylic acids is 1. The number of carbonyl (C=O) groups is 1. The minimum atomic E-state index is -0.534. The SMILES string of the molecule is CC(C)(C)OC(=O)N1CC(N)(c2nc(Br)cs2)C1. The van der Waals surface area contributed by atoms with Crippen LogP contribution < -0.4 is 5.73 Å². The number of hydrogen-bond acceptors (Lipinski definition) is 5. The molecule has 2 rings (SSSR count). The molecule has 1 aromatic rings. The van der Waals surface area contributed by atoms with Crippen LogP contribution in [0.2, 0.25) is 0 Å². The van der Waals surface area contributed by atoms with E-state index in [2.05, 4.69) is 20.9 Å². The average Bonchev–Trinajstić information content (AvgIpc) is 2.57. The smallest absolute Gasteiger partial charge is 0.410 e. The standard InChI is InChI=1S/C11H16BrN3O2S/c1-10(2,3)17-9(16)15-5-11(13,6-15)8-14-7(12)4-18-8/h4H,5-6,13H2,1-3H3. The molecule has 1 aromatic heterocycles. The molecule has 0 aliphatic carbocycles. The van der Waals surface area contributed by atoms with Gasteiger partial charge in [-0.1, -0.05) is 0 Å². The number of nitrogens with zero attached hydrogens (tertiary/aromatic N) is 2. The van der Waals surface area contributed by atoms with E-state index in [9.17, 15) is 4.79 Å². The summed E-state index contributed by atoms with van der Waals surface area (Å²) in [7, 11) is 0. The van der Waals surface area contributed by atoms with E-state index in [-0.39, 0.29) is 6.09 Å². The number of amides is 1. The van der Waals surface area contributed by atoms with Crippen molar-refractivity contribution < 1.29 is 9.53 Å². The number of nitrogens with two attached hydrogens (primary N) is 1. The van der Waals surface area contributed by atoms with Gasteiger partial charge in [0.2, 0.25) is 0 Å². The number of rotatable bonds is 1. The fourth-order valence-electron chi connectivity index (χ4n) is 1.71. The average molecular weight is 334 g/mol. The van der Waals surface area contributed by atoms with Gasteiger partial charge in [-0.05, 0) is 36.7 Å². The maximum Gasteiger partial charge on any atom is 0.410 e. The molecule has 7 heteroatoms. The van der Waals surface area contributed by atoms with Crippen molar-refractivity contribution in [2.24, 2.45) is 5.73 Å². The molecule has 0 bridgehead atoms. The van der Waals surface area contributed by atoms with Gasteiger partial charge in [-0.15, -0.1) is 11.3 Å². The molecule has 0 saturated carbocycles. The third-order valence-electron chi connectivity index (χ3n) is 2.50. The van der Waals surface area contributed by atoms with Gasteiger partial charge in [0.15, 0.2) is 0 Å². The molecule has 5 nitrogen and oxygen atoms in total. The Morgan fingerprint density at radius 1 is 1.61 bits per heavy atom. The van der Waals surface area contributed by atoms with Crippen LogP contribution in [0.1, 0.15) is 25.8 Å². The van der Waals surface area contributed by atoms with Crippen LogP contribution >= 0.6 is 27.3 Å². The molecule has 1 fully saturated rings. The molecule has 1 aliphatic rings. The second-order valence-corrected chi connectivity index (χ2v) is 7.14. The van der Waals surface area contributed by atoms with Crippen LogP contribution in [0.4, 0.5) is 4.79 Å². The third kappa shape index (κ3) is 2.84. The number of hydrogen-bond donors (Lipinski definition) is 1. The van der Waals surface area contributed by atoms with Crippen molar-refractivity contribution in [2.45, 2.75) is 31.9 Å². The molecule has 2 heterocycles. The van der Waals surface area contributed by atoms with E-state index < -0.39 is 11.1 Å². The normalized spacial score (nSPS) is 18.4. The van der Waals surface area contributed by atoms with Crippen molar-refractivity contribution >= 4 is 33.4 Å². The Morgan fingerprint density at radius 2 is 2.22 bits per heavy atom. The Bertz CT molecular complexity index is 463. The Kier molecular flexibility index (Phi) is 3.42. The molecular weight excluding hydrogens is 318 g/mol. The summed E-state index contributed by atoms with van der Waals surface area (Å²) in [5.41, 5.74) is 5.19. The lowest BCUT2D eigenvalue weighted by Gasteiger charge is -2.46. The first-order chi connectivity index (χ1) is 8.20. The summed E-state index contributed by atoms with van der Waals surface area (Å²) in [6.07, 6.45) is -0.320. The minimum Gasteiger partial charge on any atom is -0.444 e. The molecule has 1 saturated heterocycles. The molecule has 1 amide bonds. The molecule has 1 aliphatic heterocycles. The van der Waals surface area contributed by atoms with Gasteiger partial charge in [-0.25, -0.2) is 9.78 Å². The summed E-state index contributed by atoms with van der Waals surface area (Å²) in [6.45, 7) is 6.43. The van der Waals surface area contributed by atoms with E-state index in [0.29, 0.717) is 13.1 Å². The van der Waals surface area contributed by atoms with Gasteiger partial charge in [0.05, 0.1) is 13.1 Å². The van der Waals surface area contributed by atoms with Crippen molar-refractivity contribution in [3.05, 3.63) is 15.0 Å². The van der Waals surface area contributed by atoms with Crippen LogP contribution in [0.25, 0.3) is 0 Å². The molecule has 18 heavy (non-hydrogen) atoms. The molecule has 0 unspecified atom stereocenters. The van der Waals surface area contributed by atoms with Gasteiger partial charge >= 0.3 is 6.09 Å². The molecule has 2 N–H and O–H groups in total. The summed E-state index contributed by atoms with van der Waals surface area (Å²) in [4.78, 5) is 17.7. The zero-order valence-electron chi connectivity index (χ0n) is 10.6. The molecule has 0 radical (unpaired) electrons. The zero-order valence-corrected chi connectivity index (χ0v) is 13.0. The first kappa shape index (κ1) is 13.8. The van der Waals surface area contributed by atoms with E-state index in [0.717, 1.165) is 9.61 Å². The van der Waals surface area contributed by atoms with Gasteiger partial charge in [-0.3, -0.25) is 0 Å². The number of likely N-dealkylation sites (tertiary alicyclic amines) is 1. The van der Waals surface area contributed by atoms with Crippen molar-refractivity contribution in [1.29, 1.82) is 0 Å². The Hall–Kier alpha value is -0.660. The van der Waals surface area contributed by atoms with Crippen molar-refractivity contribution in [2.75, 3.05) is 13.1 Å². The van der Waals surface area contributed by atoms with E-state index in [4.69, 9.17) is 10.5 Å². The highest BCUT2D eigenvalue weighted by molar-refractivity contribution is 9.10. The van der Waals surface area contributed by atoms with Gasteiger partial charge < -0.3 is 15.4 Å². The summed E-state index contributed by atoms with van der Waals surface area (Å²) in [5, 5.41) is 2.73. The molecule has 100 valence electrons. The fourth-order valence-corrected chi connectivity index (χ4v) is 3.06. The molecule has 0 spiro atoms. The predicted molar refractivity (Wildman–Crippen MR) is 73.5 cm³/mol. The van der Waals surface area contributed by atoms with E-state index in [1.165, 1.54) is 11.3 Å². The third-order valence-corrected chi connectivity index (χ3v) is 4.27. The maximum atomic E-state index is 11.8. The first-order valence-corrected chi connectivity index (χ1v) is 7.25. The lowest BCUT2D eigenvalue weighted by Crippen LogP contribution is -2.66. The molecule has 0 aromatic carbocycles. The summed E-state index contributed by atoms with van der Waals surface area (Å²) >= 11 is 4.80. The van der Waals surface area contributed by atoms with Crippen LogP contribution in [0.3, 0.4) is 0 Å². The lowest BCUT2D eigenvalue weighted by molar-refractivity contribution is -0.00893. The van der Waals surface area contributed by atoms with Gasteiger partial charge in [-0.2, -0.15) is 0 Å². The predicted octanol–water partition coefficient (Wildman–Crippen LogP) is 2.31. The quantitative estimate of drug-likeness (QED) is 0.856. The van der Waals surface area contributed by atoms with Crippen LogP contribution in [-0.4, -0.2) is 34.7 Å². The highest BCUT2D eigenvalue weighted by Gasteiger charge is 2.46. The van der Waals surface area contributed by atoms with E-state index in [1.807, 2.05) is 26.2 Å². The first-order valence-electron chi connectivity index (χ1n) is 5.58.